The van der Waals surface area contributed by atoms with E-state index in [1.165, 1.54) is 53.5 Å². The van der Waals surface area contributed by atoms with Crippen molar-refractivity contribution in [1.82, 2.24) is 53.1 Å². The molecule has 20 atom stereocenters. The number of H-pyrrole nitrogens is 3. The molecule has 0 aromatic carbocycles. The second kappa shape index (κ2) is 36.2. The molecule has 6 aliphatic heterocycles. The van der Waals surface area contributed by atoms with E-state index in [1.807, 2.05) is 13.8 Å². The Morgan fingerprint density at radius 2 is 1.15 bits per heavy atom. The van der Waals surface area contributed by atoms with Crippen LogP contribution in [0.25, 0.3) is 11.2 Å². The van der Waals surface area contributed by atoms with Gasteiger partial charge in [-0.05, 0) is 65.1 Å². The minimum absolute atomic E-state index is 0.0151. The number of amidine groups is 1. The summed E-state index contributed by atoms with van der Waals surface area (Å²) in [6, 6.07) is 1.30. The Morgan fingerprint density at radius 3 is 1.71 bits per heavy atom. The largest absolute Gasteiger partial charge is 0.394 e. The molecule has 13 N–H and O–H groups in total. The summed E-state index contributed by atoms with van der Waals surface area (Å²) in [6.45, 7) is -14.9. The predicted octanol–water partition coefficient (Wildman–Crippen LogP) is 1.66. The van der Waals surface area contributed by atoms with Gasteiger partial charge < -0.3 is 84.8 Å². The van der Waals surface area contributed by atoms with Gasteiger partial charge in [0.25, 0.3) is 16.7 Å². The number of nitrogens with one attached hydrogen (secondary N) is 3. The van der Waals surface area contributed by atoms with Gasteiger partial charge in [0, 0.05) is 62.6 Å². The van der Waals surface area contributed by atoms with Gasteiger partial charge in [0.05, 0.1) is 89.1 Å². The van der Waals surface area contributed by atoms with Gasteiger partial charge in [-0.2, -0.15) is 9.97 Å². The lowest BCUT2D eigenvalue weighted by Gasteiger charge is -2.32. The van der Waals surface area contributed by atoms with Crippen LogP contribution >= 0.6 is 79.8 Å². The number of hydrogen-bond donors (Lipinski definition) is 12. The van der Waals surface area contributed by atoms with Crippen LogP contribution in [0.3, 0.4) is 0 Å². The molecule has 0 bridgehead atoms. The average molecular weight is 1740 g/mol. The number of thiol groups is 3. The number of fused-ring (bicyclic) bond motifs is 1. The van der Waals surface area contributed by atoms with Gasteiger partial charge in [-0.3, -0.25) is 74.7 Å². The molecule has 10 unspecified atom stereocenters. The summed E-state index contributed by atoms with van der Waals surface area (Å²) >= 11 is 22.1. The van der Waals surface area contributed by atoms with Crippen molar-refractivity contribution < 1.29 is 97.8 Å². The average Bonchev–Trinajstić information content (AvgIpc) is 1.62. The van der Waals surface area contributed by atoms with Crippen LogP contribution in [0.1, 0.15) is 76.4 Å². The van der Waals surface area contributed by atoms with E-state index in [0.29, 0.717) is 19.6 Å². The lowest BCUT2D eigenvalue weighted by atomic mass is 9.89. The zero-order valence-corrected chi connectivity index (χ0v) is 66.2. The number of nitrogen functional groups attached to an aromatic ring is 2. The van der Waals surface area contributed by atoms with E-state index in [2.05, 4.69) is 87.6 Å². The highest BCUT2D eigenvalue weighted by molar-refractivity contribution is 9.10. The standard InChI is InChI=1S/C56H81BrN16O27P4S4/c1-27(2)29-14-42(69-7-4-40(59)63-53(69)78)93-36(29)22-91-104(108,87-13-12-86-11-10-85-9-6-58)100-34-18-44(71-19-28(3)49(75)67-55(71)80)95-39(34)25-90-103(84,107)99-33-17-46(73-26-62-47-48(73)65-52(61)66-51(47)77)96-38(33)24-89-102(83,106)98-32-16-43(70-8-5-41(60)64-54(70)79)94-37(32)23-88-101(82,105)97-31-15-45(92-35(31)21-74)72-20-30(57)50(76)68-56(72)81/h4-5,7-8,19-20,26-27,29,31-39,42-46,53,74,78H,6,9-18,21-25,58H2,1-3H3,(H2,59,63)(H,82,105)(H,83,106)(H,84,107)(H2,60,64,79)(H,67,75,80)(H,68,76,81)(H3,61,65,66,77)/t29?,31?,32?,33?,34?,35-,36-,37-,38-,39-,42-,43-,44-,45-,46-,53?,101?,102?,103?,104?/m1/s1. The first-order valence-electron chi connectivity index (χ1n) is 33.3. The Hall–Kier alpha value is -4.69. The Bertz CT molecular complexity index is 4680. The minimum Gasteiger partial charge on any atom is -0.394 e. The lowest BCUT2D eigenvalue weighted by Crippen LogP contribution is -2.41. The summed E-state index contributed by atoms with van der Waals surface area (Å²) < 4.78 is 146. The summed E-state index contributed by atoms with van der Waals surface area (Å²) in [5.74, 6) is -0.453. The molecule has 5 aromatic rings. The third kappa shape index (κ3) is 21.2. The third-order valence-corrected chi connectivity index (χ3v) is 25.6. The maximum Gasteiger partial charge on any atom is 0.386 e. The molecule has 5 saturated heterocycles. The first kappa shape index (κ1) is 84.2. The lowest BCUT2D eigenvalue weighted by molar-refractivity contribution is -0.108. The monoisotopic (exact) mass is 1740 g/mol. The van der Waals surface area contributed by atoms with Crippen LogP contribution < -0.4 is 56.7 Å². The first-order valence-corrected chi connectivity index (χ1v) is 44.8. The number of aliphatic imine (C=N–C) groups is 1. The highest BCUT2D eigenvalue weighted by atomic mass is 79.9. The van der Waals surface area contributed by atoms with Crippen molar-refractivity contribution in [3.63, 3.8) is 0 Å². The molecule has 5 fully saturated rings. The van der Waals surface area contributed by atoms with E-state index < -0.39 is 180 Å². The number of nitrogens with zero attached hydrogens (tertiary/aromatic N) is 9. The van der Waals surface area contributed by atoms with Crippen molar-refractivity contribution in [2.24, 2.45) is 28.3 Å². The fourth-order valence-corrected chi connectivity index (χ4v) is 19.5. The first-order chi connectivity index (χ1) is 51.2. The van der Waals surface area contributed by atoms with Gasteiger partial charge in [-0.25, -0.2) is 38.1 Å². The molecule has 52 heteroatoms. The molecular formula is C56H81BrN16O27P4S4. The number of aliphatic hydroxyl groups excluding tert-OH is 2. The number of hydrogen-bond acceptors (Lipinski definition) is 37. The number of aliphatic hydroxyl groups is 2. The van der Waals surface area contributed by atoms with Crippen molar-refractivity contribution in [3.05, 3.63) is 116 Å². The maximum absolute atomic E-state index is 14.9. The highest BCUT2D eigenvalue weighted by Gasteiger charge is 2.50. The molecule has 43 nitrogen and oxygen atoms in total. The van der Waals surface area contributed by atoms with Gasteiger partial charge in [0.2, 0.25) is 12.3 Å². The molecular weight excluding hydrogens is 1660 g/mol. The Kier molecular flexibility index (Phi) is 28.2. The van der Waals surface area contributed by atoms with E-state index in [1.54, 1.807) is 6.20 Å². The summed E-state index contributed by atoms with van der Waals surface area (Å²) in [6.07, 6.45) is -10.7. The van der Waals surface area contributed by atoms with E-state index in [0.717, 1.165) is 13.7 Å². The number of aryl methyl sites for hydroxylation is 1. The van der Waals surface area contributed by atoms with Crippen LogP contribution in [-0.4, -0.2) is 209 Å². The maximum atomic E-state index is 14.9. The molecule has 6 aliphatic rings. The number of imidazole rings is 1. The molecule has 108 heavy (non-hydrogen) atoms. The predicted molar refractivity (Wildman–Crippen MR) is 396 cm³/mol. The Balaban J connectivity index is 0.813. The van der Waals surface area contributed by atoms with Crippen LogP contribution in [0.2, 0.25) is 0 Å². The molecule has 11 rings (SSSR count). The molecule has 5 aromatic heterocycles. The van der Waals surface area contributed by atoms with E-state index in [9.17, 15) is 52.7 Å². The second-order valence-electron chi connectivity index (χ2n) is 25.5. The fourth-order valence-electron chi connectivity index (χ4n) is 12.5. The molecule has 0 radical (unpaired) electrons. The van der Waals surface area contributed by atoms with Crippen molar-refractivity contribution >= 4 is 120 Å². The van der Waals surface area contributed by atoms with Gasteiger partial charge >= 0.3 is 44.2 Å². The number of rotatable bonds is 36. The fraction of sp³-hybridized carbons (Fsp3) is 0.643. The van der Waals surface area contributed by atoms with Crippen LogP contribution in [-0.2, 0) is 99.4 Å². The van der Waals surface area contributed by atoms with E-state index in [-0.39, 0.29) is 109 Å². The molecule has 0 saturated carbocycles. The molecule has 598 valence electrons. The van der Waals surface area contributed by atoms with Crippen LogP contribution in [0.4, 0.5) is 11.8 Å². The SMILES string of the molecule is Cc1cn([C@H]2CC(OP(=S)(OCCOCCOCCN)OC[C@H]3O[C@@H](N4C=CC(N)=NC4O)CC3C(C)C)[C@@H](COP(=O)(S)OC3C[C@H](n4cnc5c(=O)[nH]c(N)nc54)O[C@@H]3COP(=O)(S)OC3C[C@H](n4ccc(N)nc4=O)O[C@@H]3COP(=O)(S)OC3C[C@H](n4cc(Br)c(=O)[nH]c4=O)O[C@@H]3CO)O2)c(=O)[nH]c1=O. The quantitative estimate of drug-likeness (QED) is 0.0154. The minimum atomic E-state index is -4.75. The van der Waals surface area contributed by atoms with Crippen LogP contribution in [0, 0.1) is 18.8 Å². The van der Waals surface area contributed by atoms with Gasteiger partial charge in [-0.15, -0.1) is 0 Å². The van der Waals surface area contributed by atoms with Crippen molar-refractivity contribution in [2.45, 2.75) is 145 Å². The summed E-state index contributed by atoms with van der Waals surface area (Å²) in [4.78, 5) is 102. The number of aromatic nitrogens is 10. The van der Waals surface area contributed by atoms with Crippen molar-refractivity contribution in [2.75, 3.05) is 84.1 Å². The number of aromatic amines is 3. The second-order valence-corrected chi connectivity index (χ2v) is 37.9. The zero-order valence-electron chi connectivity index (χ0n) is 57.5. The molecule has 0 aliphatic carbocycles. The molecule has 0 amide bonds. The number of nitrogens with two attached hydrogens (primary N) is 4. The molecule has 0 spiro atoms. The van der Waals surface area contributed by atoms with Crippen molar-refractivity contribution in [1.29, 1.82) is 0 Å². The van der Waals surface area contributed by atoms with Crippen LogP contribution in [0.15, 0.2) is 81.5 Å². The third-order valence-electron chi connectivity index (χ3n) is 17.7. The summed E-state index contributed by atoms with van der Waals surface area (Å²) in [5.41, 5.74) is 18.4. The number of anilines is 2. The van der Waals surface area contributed by atoms with Gasteiger partial charge in [0.1, 0.15) is 85.5 Å². The smallest absolute Gasteiger partial charge is 0.386 e. The van der Waals surface area contributed by atoms with Gasteiger partial charge in [0.15, 0.2) is 11.2 Å². The normalized spacial score (nSPS) is 29.6. The number of halogens is 1. The van der Waals surface area contributed by atoms with E-state index in [4.69, 9.17) is 109 Å². The summed E-state index contributed by atoms with van der Waals surface area (Å²) in [5, 5.41) is 21.1. The highest BCUT2D eigenvalue weighted by Crippen LogP contribution is 2.61. The van der Waals surface area contributed by atoms with Crippen molar-refractivity contribution in [3.8, 4) is 0 Å². The zero-order chi connectivity index (χ0) is 77.7. The van der Waals surface area contributed by atoms with E-state index >= 15 is 0 Å². The Morgan fingerprint density at radius 1 is 0.639 bits per heavy atom. The Labute approximate surface area is 641 Å². The summed E-state index contributed by atoms with van der Waals surface area (Å²) in [7, 11) is 0. The van der Waals surface area contributed by atoms with Crippen LogP contribution in [0.5, 0.6) is 0 Å². The number of ether oxygens (including phenoxy) is 7. The van der Waals surface area contributed by atoms with Gasteiger partial charge in [-0.1, -0.05) is 50.6 Å². The molecule has 11 heterocycles. The topological polar surface area (TPSA) is 567 Å².